The quantitative estimate of drug-likeness (QED) is 0.758. The van der Waals surface area contributed by atoms with E-state index in [1.165, 1.54) is 6.42 Å². The lowest BCUT2D eigenvalue weighted by molar-refractivity contribution is -0.0492. The van der Waals surface area contributed by atoms with Crippen molar-refractivity contribution in [3.63, 3.8) is 0 Å². The Morgan fingerprint density at radius 3 is 2.76 bits per heavy atom. The van der Waals surface area contributed by atoms with E-state index in [0.717, 1.165) is 45.4 Å². The minimum Gasteiger partial charge on any atom is -0.394 e. The maximum atomic E-state index is 9.67. The number of ether oxygens (including phenoxy) is 2. The van der Waals surface area contributed by atoms with Crippen LogP contribution in [0, 0.1) is 0 Å². The van der Waals surface area contributed by atoms with Crippen LogP contribution in [-0.4, -0.2) is 49.2 Å². The second kappa shape index (κ2) is 6.14. The largest absolute Gasteiger partial charge is 0.394 e. The molecule has 0 saturated carbocycles. The molecule has 2 fully saturated rings. The van der Waals surface area contributed by atoms with Gasteiger partial charge in [0.15, 0.2) is 0 Å². The fourth-order valence-electron chi connectivity index (χ4n) is 2.78. The second-order valence-corrected chi connectivity index (χ2v) is 5.31. The summed E-state index contributed by atoms with van der Waals surface area (Å²) >= 11 is 0. The van der Waals surface area contributed by atoms with Gasteiger partial charge >= 0.3 is 0 Å². The number of hydrogen-bond donors (Lipinski definition) is 2. The molecule has 0 aromatic rings. The molecule has 0 radical (unpaired) electrons. The van der Waals surface area contributed by atoms with Crippen molar-refractivity contribution in [1.29, 1.82) is 0 Å². The fourth-order valence-corrected chi connectivity index (χ4v) is 2.78. The standard InChI is InChI=1S/C13H25NO3/c1-2-11-8-13(10-15,5-7-17-11)14-9-12-4-3-6-16-12/h11-12,14-15H,2-10H2,1H3. The molecule has 2 aliphatic rings. The molecular formula is C13H25NO3. The minimum absolute atomic E-state index is 0.148. The molecule has 2 saturated heterocycles. The molecule has 0 aliphatic carbocycles. The molecular weight excluding hydrogens is 218 g/mol. The summed E-state index contributed by atoms with van der Waals surface area (Å²) in [6.45, 7) is 4.82. The molecule has 2 heterocycles. The Morgan fingerprint density at radius 2 is 2.12 bits per heavy atom. The van der Waals surface area contributed by atoms with Gasteiger partial charge in [-0.15, -0.1) is 0 Å². The molecule has 4 heteroatoms. The van der Waals surface area contributed by atoms with Crippen molar-refractivity contribution in [3.05, 3.63) is 0 Å². The van der Waals surface area contributed by atoms with Gasteiger partial charge in [-0.25, -0.2) is 0 Å². The number of aliphatic hydroxyl groups is 1. The van der Waals surface area contributed by atoms with Crippen molar-refractivity contribution < 1.29 is 14.6 Å². The van der Waals surface area contributed by atoms with Crippen molar-refractivity contribution in [1.82, 2.24) is 5.32 Å². The van der Waals surface area contributed by atoms with Crippen LogP contribution in [0.1, 0.15) is 39.0 Å². The molecule has 2 N–H and O–H groups in total. The Bertz CT molecular complexity index is 231. The van der Waals surface area contributed by atoms with Gasteiger partial charge in [-0.1, -0.05) is 6.92 Å². The lowest BCUT2D eigenvalue weighted by Gasteiger charge is -2.41. The average molecular weight is 243 g/mol. The van der Waals surface area contributed by atoms with Crippen molar-refractivity contribution in [3.8, 4) is 0 Å². The van der Waals surface area contributed by atoms with Crippen molar-refractivity contribution in [2.24, 2.45) is 0 Å². The zero-order chi connectivity index (χ0) is 12.1. The highest BCUT2D eigenvalue weighted by Gasteiger charge is 2.36. The van der Waals surface area contributed by atoms with Gasteiger partial charge < -0.3 is 19.9 Å². The maximum absolute atomic E-state index is 9.67. The lowest BCUT2D eigenvalue weighted by Crippen LogP contribution is -2.56. The summed E-state index contributed by atoms with van der Waals surface area (Å²) in [5, 5.41) is 13.2. The van der Waals surface area contributed by atoms with Gasteiger partial charge in [-0.2, -0.15) is 0 Å². The van der Waals surface area contributed by atoms with Crippen LogP contribution >= 0.6 is 0 Å². The monoisotopic (exact) mass is 243 g/mol. The highest BCUT2D eigenvalue weighted by Crippen LogP contribution is 2.26. The van der Waals surface area contributed by atoms with E-state index in [0.29, 0.717) is 6.10 Å². The Morgan fingerprint density at radius 1 is 1.29 bits per heavy atom. The van der Waals surface area contributed by atoms with Crippen LogP contribution in [0.5, 0.6) is 0 Å². The van der Waals surface area contributed by atoms with Gasteiger partial charge in [0.1, 0.15) is 0 Å². The Balaban J connectivity index is 1.84. The second-order valence-electron chi connectivity index (χ2n) is 5.31. The first-order chi connectivity index (χ1) is 8.28. The summed E-state index contributed by atoms with van der Waals surface area (Å²) in [5.74, 6) is 0. The molecule has 17 heavy (non-hydrogen) atoms. The van der Waals surface area contributed by atoms with Crippen LogP contribution in [0.15, 0.2) is 0 Å². The first kappa shape index (κ1) is 13.3. The number of aliphatic hydroxyl groups excluding tert-OH is 1. The SMILES string of the molecule is CCC1CC(CO)(NCC2CCCO2)CCO1. The molecule has 0 aromatic carbocycles. The van der Waals surface area contributed by atoms with Crippen molar-refractivity contribution in [2.45, 2.75) is 56.8 Å². The molecule has 0 spiro atoms. The average Bonchev–Trinajstić information content (AvgIpc) is 2.90. The summed E-state index contributed by atoms with van der Waals surface area (Å²) in [7, 11) is 0. The third-order valence-electron chi connectivity index (χ3n) is 4.04. The summed E-state index contributed by atoms with van der Waals surface area (Å²) in [6.07, 6.45) is 5.75. The molecule has 3 atom stereocenters. The van der Waals surface area contributed by atoms with E-state index in [2.05, 4.69) is 12.2 Å². The molecule has 0 amide bonds. The normalized spacial score (nSPS) is 38.5. The predicted octanol–water partition coefficient (Wildman–Crippen LogP) is 1.08. The van der Waals surface area contributed by atoms with Gasteiger partial charge in [0.2, 0.25) is 0 Å². The molecule has 3 unspecified atom stereocenters. The minimum atomic E-state index is -0.148. The van der Waals surface area contributed by atoms with Crippen molar-refractivity contribution >= 4 is 0 Å². The van der Waals surface area contributed by atoms with Crippen LogP contribution in [0.3, 0.4) is 0 Å². The smallest absolute Gasteiger partial charge is 0.0700 e. The van der Waals surface area contributed by atoms with E-state index >= 15 is 0 Å². The van der Waals surface area contributed by atoms with E-state index in [-0.39, 0.29) is 18.2 Å². The third kappa shape index (κ3) is 3.41. The number of hydrogen-bond acceptors (Lipinski definition) is 4. The van der Waals surface area contributed by atoms with E-state index in [1.807, 2.05) is 0 Å². The molecule has 0 aromatic heterocycles. The first-order valence-electron chi connectivity index (χ1n) is 6.87. The maximum Gasteiger partial charge on any atom is 0.0700 e. The highest BCUT2D eigenvalue weighted by molar-refractivity contribution is 4.93. The molecule has 100 valence electrons. The van der Waals surface area contributed by atoms with Crippen LogP contribution in [0.2, 0.25) is 0 Å². The van der Waals surface area contributed by atoms with E-state index in [1.54, 1.807) is 0 Å². The predicted molar refractivity (Wildman–Crippen MR) is 66.1 cm³/mol. The summed E-state index contributed by atoms with van der Waals surface area (Å²) in [4.78, 5) is 0. The number of rotatable bonds is 5. The first-order valence-corrected chi connectivity index (χ1v) is 6.87. The van der Waals surface area contributed by atoms with E-state index < -0.39 is 0 Å². The summed E-state index contributed by atoms with van der Waals surface area (Å²) in [5.41, 5.74) is -0.148. The highest BCUT2D eigenvalue weighted by atomic mass is 16.5. The molecule has 0 bridgehead atoms. The Kier molecular flexibility index (Phi) is 4.79. The zero-order valence-electron chi connectivity index (χ0n) is 10.8. The van der Waals surface area contributed by atoms with Gasteiger partial charge in [0.05, 0.1) is 18.8 Å². The van der Waals surface area contributed by atoms with Crippen LogP contribution in [0.4, 0.5) is 0 Å². The van der Waals surface area contributed by atoms with Gasteiger partial charge in [-0.05, 0) is 32.1 Å². The van der Waals surface area contributed by atoms with Gasteiger partial charge in [0, 0.05) is 25.3 Å². The summed E-state index contributed by atoms with van der Waals surface area (Å²) < 4.78 is 11.3. The van der Waals surface area contributed by atoms with Crippen molar-refractivity contribution in [2.75, 3.05) is 26.4 Å². The molecule has 2 rings (SSSR count). The topological polar surface area (TPSA) is 50.7 Å². The third-order valence-corrected chi connectivity index (χ3v) is 4.04. The molecule has 2 aliphatic heterocycles. The Hall–Kier alpha value is -0.160. The lowest BCUT2D eigenvalue weighted by atomic mass is 9.86. The van der Waals surface area contributed by atoms with Gasteiger partial charge in [-0.3, -0.25) is 0 Å². The van der Waals surface area contributed by atoms with Gasteiger partial charge in [0.25, 0.3) is 0 Å². The zero-order valence-corrected chi connectivity index (χ0v) is 10.8. The molecule has 4 nitrogen and oxygen atoms in total. The van der Waals surface area contributed by atoms with E-state index in [9.17, 15) is 5.11 Å². The number of nitrogens with one attached hydrogen (secondary N) is 1. The summed E-state index contributed by atoms with van der Waals surface area (Å²) in [6, 6.07) is 0. The Labute approximate surface area is 104 Å². The van der Waals surface area contributed by atoms with Crippen LogP contribution in [0.25, 0.3) is 0 Å². The van der Waals surface area contributed by atoms with E-state index in [4.69, 9.17) is 9.47 Å². The van der Waals surface area contributed by atoms with Crippen LogP contribution < -0.4 is 5.32 Å². The fraction of sp³-hybridized carbons (Fsp3) is 1.00. The van der Waals surface area contributed by atoms with Crippen LogP contribution in [-0.2, 0) is 9.47 Å².